The van der Waals surface area contributed by atoms with Gasteiger partial charge in [-0.2, -0.15) is 0 Å². The molecule has 102 valence electrons. The Morgan fingerprint density at radius 2 is 1.95 bits per heavy atom. The third-order valence-electron chi connectivity index (χ3n) is 3.28. The molecule has 1 aliphatic rings. The molecule has 0 aliphatic carbocycles. The van der Waals surface area contributed by atoms with Crippen LogP contribution in [0.2, 0.25) is 0 Å². The second-order valence-corrected chi connectivity index (χ2v) is 4.55. The van der Waals surface area contributed by atoms with Gasteiger partial charge in [0.25, 0.3) is 11.6 Å². The number of rotatable bonds is 2. The first-order chi connectivity index (χ1) is 8.91. The smallest absolute Gasteiger partial charge is 0.273 e. The SMILES string of the molecule is Cc1c(C(=O)N2CC(O)C(O)C2)cccc1[N+](=O)[O-]. The number of carbonyl (C=O) groups excluding carboxylic acids is 1. The largest absolute Gasteiger partial charge is 0.388 e. The summed E-state index contributed by atoms with van der Waals surface area (Å²) in [4.78, 5) is 23.8. The first-order valence-corrected chi connectivity index (χ1v) is 5.81. The maximum atomic E-state index is 12.2. The van der Waals surface area contributed by atoms with E-state index in [-0.39, 0.29) is 29.9 Å². The van der Waals surface area contributed by atoms with Crippen molar-refractivity contribution < 1.29 is 19.9 Å². The van der Waals surface area contributed by atoms with Crippen LogP contribution in [0.25, 0.3) is 0 Å². The maximum absolute atomic E-state index is 12.2. The molecule has 2 unspecified atom stereocenters. The number of hydrogen-bond acceptors (Lipinski definition) is 5. The van der Waals surface area contributed by atoms with Crippen molar-refractivity contribution >= 4 is 11.6 Å². The van der Waals surface area contributed by atoms with E-state index in [1.807, 2.05) is 0 Å². The lowest BCUT2D eigenvalue weighted by molar-refractivity contribution is -0.385. The van der Waals surface area contributed by atoms with Crippen LogP contribution in [0, 0.1) is 17.0 Å². The van der Waals surface area contributed by atoms with Crippen molar-refractivity contribution in [2.75, 3.05) is 13.1 Å². The summed E-state index contributed by atoms with van der Waals surface area (Å²) in [6.45, 7) is 1.57. The lowest BCUT2D eigenvalue weighted by atomic mass is 10.1. The van der Waals surface area contributed by atoms with Crippen molar-refractivity contribution in [3.05, 3.63) is 39.4 Å². The van der Waals surface area contributed by atoms with Gasteiger partial charge in [-0.25, -0.2) is 0 Å². The molecule has 1 amide bonds. The van der Waals surface area contributed by atoms with E-state index in [0.29, 0.717) is 0 Å². The second-order valence-electron chi connectivity index (χ2n) is 4.55. The number of carbonyl (C=O) groups is 1. The molecule has 1 aromatic rings. The zero-order chi connectivity index (χ0) is 14.2. The van der Waals surface area contributed by atoms with Crippen molar-refractivity contribution in [3.8, 4) is 0 Å². The standard InChI is InChI=1S/C12H14N2O5/c1-7-8(3-2-4-9(7)14(18)19)12(17)13-5-10(15)11(16)6-13/h2-4,10-11,15-16H,5-6H2,1H3. The number of β-amino-alcohol motifs (C(OH)–C–C–N with tert-alkyl or cyclic N) is 2. The molecular formula is C12H14N2O5. The molecule has 0 aromatic heterocycles. The maximum Gasteiger partial charge on any atom is 0.273 e. The molecule has 2 N–H and O–H groups in total. The Labute approximate surface area is 109 Å². The molecule has 1 aliphatic heterocycles. The Balaban J connectivity index is 2.30. The van der Waals surface area contributed by atoms with Crippen LogP contribution < -0.4 is 0 Å². The van der Waals surface area contributed by atoms with Crippen molar-refractivity contribution in [1.82, 2.24) is 4.90 Å². The Bertz CT molecular complexity index is 521. The minimum atomic E-state index is -0.969. The van der Waals surface area contributed by atoms with E-state index in [4.69, 9.17) is 0 Å². The molecule has 7 nitrogen and oxygen atoms in total. The molecule has 19 heavy (non-hydrogen) atoms. The van der Waals surface area contributed by atoms with Gasteiger partial charge in [-0.1, -0.05) is 6.07 Å². The predicted molar refractivity (Wildman–Crippen MR) is 65.8 cm³/mol. The number of nitro groups is 1. The molecular weight excluding hydrogens is 252 g/mol. The first kappa shape index (κ1) is 13.4. The lowest BCUT2D eigenvalue weighted by Gasteiger charge is -2.16. The average molecular weight is 266 g/mol. The van der Waals surface area contributed by atoms with Gasteiger partial charge < -0.3 is 15.1 Å². The number of aliphatic hydroxyl groups is 2. The summed E-state index contributed by atoms with van der Waals surface area (Å²) < 4.78 is 0. The molecule has 2 rings (SSSR count). The van der Waals surface area contributed by atoms with Crippen molar-refractivity contribution in [2.24, 2.45) is 0 Å². The van der Waals surface area contributed by atoms with Crippen molar-refractivity contribution in [1.29, 1.82) is 0 Å². The summed E-state index contributed by atoms with van der Waals surface area (Å²) in [6.07, 6.45) is -1.94. The molecule has 7 heteroatoms. The highest BCUT2D eigenvalue weighted by Crippen LogP contribution is 2.23. The van der Waals surface area contributed by atoms with E-state index in [2.05, 4.69) is 0 Å². The van der Waals surface area contributed by atoms with Gasteiger partial charge in [0.2, 0.25) is 0 Å². The first-order valence-electron chi connectivity index (χ1n) is 5.81. The summed E-state index contributed by atoms with van der Waals surface area (Å²) in [5.41, 5.74) is 0.384. The number of amides is 1. The second kappa shape index (κ2) is 4.94. The molecule has 0 saturated carbocycles. The number of likely N-dealkylation sites (tertiary alicyclic amines) is 1. The van der Waals surface area contributed by atoms with E-state index in [1.165, 1.54) is 30.0 Å². The zero-order valence-electron chi connectivity index (χ0n) is 10.3. The average Bonchev–Trinajstić information content (AvgIpc) is 2.69. The van der Waals surface area contributed by atoms with Crippen LogP contribution in [0.15, 0.2) is 18.2 Å². The van der Waals surface area contributed by atoms with Gasteiger partial charge in [0, 0.05) is 30.3 Å². The van der Waals surface area contributed by atoms with Gasteiger partial charge in [0.05, 0.1) is 17.1 Å². The van der Waals surface area contributed by atoms with Crippen LogP contribution in [-0.2, 0) is 0 Å². The number of hydrogen-bond donors (Lipinski definition) is 2. The molecule has 0 spiro atoms. The van der Waals surface area contributed by atoms with Gasteiger partial charge in [-0.3, -0.25) is 14.9 Å². The van der Waals surface area contributed by atoms with Gasteiger partial charge in [-0.15, -0.1) is 0 Å². The van der Waals surface area contributed by atoms with Crippen LogP contribution in [0.4, 0.5) is 5.69 Å². The molecule has 0 bridgehead atoms. The van der Waals surface area contributed by atoms with Gasteiger partial charge in [-0.05, 0) is 13.0 Å². The fourth-order valence-electron chi connectivity index (χ4n) is 2.16. The van der Waals surface area contributed by atoms with E-state index >= 15 is 0 Å². The van der Waals surface area contributed by atoms with E-state index in [0.717, 1.165) is 0 Å². The summed E-state index contributed by atoms with van der Waals surface area (Å²) in [6, 6.07) is 4.28. The lowest BCUT2D eigenvalue weighted by Crippen LogP contribution is -2.30. The zero-order valence-corrected chi connectivity index (χ0v) is 10.3. The predicted octanol–water partition coefficient (Wildman–Crippen LogP) is 0.0808. The fraction of sp³-hybridized carbons (Fsp3) is 0.417. The summed E-state index contributed by atoms with van der Waals surface area (Å²) >= 11 is 0. The van der Waals surface area contributed by atoms with Crippen LogP contribution in [0.3, 0.4) is 0 Å². The quantitative estimate of drug-likeness (QED) is 0.582. The van der Waals surface area contributed by atoms with Crippen molar-refractivity contribution in [2.45, 2.75) is 19.1 Å². The molecule has 0 radical (unpaired) electrons. The van der Waals surface area contributed by atoms with Gasteiger partial charge in [0.1, 0.15) is 0 Å². The van der Waals surface area contributed by atoms with E-state index in [9.17, 15) is 25.1 Å². The monoisotopic (exact) mass is 266 g/mol. The molecule has 1 heterocycles. The number of aliphatic hydroxyl groups excluding tert-OH is 2. The number of nitro benzene ring substituents is 1. The van der Waals surface area contributed by atoms with Gasteiger partial charge >= 0.3 is 0 Å². The molecule has 2 atom stereocenters. The summed E-state index contributed by atoms with van der Waals surface area (Å²) in [5.74, 6) is -0.420. The van der Waals surface area contributed by atoms with Crippen LogP contribution in [0.5, 0.6) is 0 Å². The highest BCUT2D eigenvalue weighted by molar-refractivity contribution is 5.96. The van der Waals surface area contributed by atoms with Crippen LogP contribution in [0.1, 0.15) is 15.9 Å². The van der Waals surface area contributed by atoms with Crippen LogP contribution >= 0.6 is 0 Å². The Morgan fingerprint density at radius 3 is 2.47 bits per heavy atom. The van der Waals surface area contributed by atoms with E-state index < -0.39 is 23.0 Å². The van der Waals surface area contributed by atoms with E-state index in [1.54, 1.807) is 0 Å². The highest BCUT2D eigenvalue weighted by atomic mass is 16.6. The number of nitrogens with zero attached hydrogens (tertiary/aromatic N) is 2. The van der Waals surface area contributed by atoms with Gasteiger partial charge in [0.15, 0.2) is 0 Å². The number of benzene rings is 1. The minimum Gasteiger partial charge on any atom is -0.388 e. The Kier molecular flexibility index (Phi) is 3.50. The molecule has 1 aromatic carbocycles. The van der Waals surface area contributed by atoms with Crippen molar-refractivity contribution in [3.63, 3.8) is 0 Å². The Hall–Kier alpha value is -1.99. The molecule has 1 saturated heterocycles. The minimum absolute atomic E-state index is 0.0299. The molecule has 1 fully saturated rings. The normalized spacial score (nSPS) is 22.6. The fourth-order valence-corrected chi connectivity index (χ4v) is 2.16. The highest BCUT2D eigenvalue weighted by Gasteiger charge is 2.34. The van der Waals surface area contributed by atoms with Crippen LogP contribution in [-0.4, -0.2) is 51.2 Å². The third-order valence-corrected chi connectivity index (χ3v) is 3.28. The third kappa shape index (κ3) is 2.42. The Morgan fingerprint density at radius 1 is 1.37 bits per heavy atom. The summed E-state index contributed by atoms with van der Waals surface area (Å²) in [5, 5.41) is 29.7. The summed E-state index contributed by atoms with van der Waals surface area (Å²) in [7, 11) is 0. The topological polar surface area (TPSA) is 104 Å².